The van der Waals surface area contributed by atoms with Gasteiger partial charge in [-0.3, -0.25) is 4.79 Å². The monoisotopic (exact) mass is 312 g/mol. The summed E-state index contributed by atoms with van der Waals surface area (Å²) < 4.78 is 5.16. The highest BCUT2D eigenvalue weighted by Gasteiger charge is 2.44. The van der Waals surface area contributed by atoms with Crippen molar-refractivity contribution in [2.75, 3.05) is 7.11 Å². The molecule has 2 unspecified atom stereocenters. The van der Waals surface area contributed by atoms with Gasteiger partial charge in [0.15, 0.2) is 0 Å². The predicted octanol–water partition coefficient (Wildman–Crippen LogP) is 2.29. The minimum absolute atomic E-state index is 0.132. The van der Waals surface area contributed by atoms with Crippen LogP contribution >= 0.6 is 0 Å². The van der Waals surface area contributed by atoms with Crippen LogP contribution in [0.1, 0.15) is 42.1 Å². The molecule has 6 heteroatoms. The highest BCUT2D eigenvalue weighted by atomic mass is 16.5. The quantitative estimate of drug-likeness (QED) is 0.872. The van der Waals surface area contributed by atoms with Gasteiger partial charge < -0.3 is 9.64 Å². The third kappa shape index (κ3) is 2.48. The zero-order chi connectivity index (χ0) is 15.8. The number of methoxy groups -OCH3 is 1. The second-order valence-electron chi connectivity index (χ2n) is 6.30. The maximum Gasteiger partial charge on any atom is 0.254 e. The lowest BCUT2D eigenvalue weighted by molar-refractivity contribution is 0.0512. The number of nitrogens with zero attached hydrogens (tertiary/aromatic N) is 4. The Bertz CT molecular complexity index is 669. The molecule has 4 rings (SSSR count). The van der Waals surface area contributed by atoms with E-state index in [1.165, 1.54) is 0 Å². The lowest BCUT2D eigenvalue weighted by atomic mass is 9.96. The first-order valence-corrected chi connectivity index (χ1v) is 8.09. The van der Waals surface area contributed by atoms with Crippen LogP contribution in [0.25, 0.3) is 0 Å². The van der Waals surface area contributed by atoms with Gasteiger partial charge in [-0.15, -0.1) is 0 Å². The second-order valence-corrected chi connectivity index (χ2v) is 6.30. The van der Waals surface area contributed by atoms with Crippen molar-refractivity contribution in [3.8, 4) is 5.75 Å². The summed E-state index contributed by atoms with van der Waals surface area (Å²) in [7, 11) is 1.63. The van der Waals surface area contributed by atoms with Crippen molar-refractivity contribution in [2.45, 2.75) is 43.8 Å². The number of fused-ring (bicyclic) bond motifs is 2. The van der Waals surface area contributed by atoms with Gasteiger partial charge in [-0.2, -0.15) is 15.0 Å². The average Bonchev–Trinajstić information content (AvgIpc) is 3.21. The molecule has 0 saturated carbocycles. The molecule has 2 saturated heterocycles. The Balaban J connectivity index is 1.53. The zero-order valence-corrected chi connectivity index (χ0v) is 13.1. The largest absolute Gasteiger partial charge is 0.497 e. The minimum Gasteiger partial charge on any atom is -0.497 e. The first kappa shape index (κ1) is 14.2. The minimum atomic E-state index is 0.132. The molecule has 2 fully saturated rings. The van der Waals surface area contributed by atoms with Gasteiger partial charge in [0.25, 0.3) is 5.91 Å². The first-order valence-electron chi connectivity index (χ1n) is 8.09. The molecule has 2 atom stereocenters. The van der Waals surface area contributed by atoms with Crippen LogP contribution in [-0.2, 0) is 0 Å². The van der Waals surface area contributed by atoms with Crippen LogP contribution in [0.5, 0.6) is 5.75 Å². The highest BCUT2D eigenvalue weighted by Crippen LogP contribution is 2.41. The Labute approximate surface area is 135 Å². The van der Waals surface area contributed by atoms with Crippen molar-refractivity contribution in [3.05, 3.63) is 42.2 Å². The summed E-state index contributed by atoms with van der Waals surface area (Å²) in [6.07, 6.45) is 7.46. The van der Waals surface area contributed by atoms with Gasteiger partial charge in [0.1, 0.15) is 5.75 Å². The van der Waals surface area contributed by atoms with Crippen molar-refractivity contribution in [1.82, 2.24) is 19.9 Å². The van der Waals surface area contributed by atoms with Crippen LogP contribution < -0.4 is 4.74 Å². The summed E-state index contributed by atoms with van der Waals surface area (Å²) in [5.74, 6) is 0.903. The van der Waals surface area contributed by atoms with Crippen molar-refractivity contribution in [3.63, 3.8) is 0 Å². The molecule has 2 aliphatic heterocycles. The zero-order valence-electron chi connectivity index (χ0n) is 13.1. The molecule has 0 radical (unpaired) electrons. The van der Waals surface area contributed by atoms with Gasteiger partial charge in [-0.05, 0) is 49.9 Å². The molecule has 120 valence electrons. The number of carbonyl (C=O) groups excluding carboxylic acids is 1. The van der Waals surface area contributed by atoms with Gasteiger partial charge in [0.05, 0.1) is 25.5 Å². The van der Waals surface area contributed by atoms with Crippen molar-refractivity contribution in [1.29, 1.82) is 0 Å². The van der Waals surface area contributed by atoms with E-state index in [-0.39, 0.29) is 5.91 Å². The molecule has 1 aromatic heterocycles. The molecule has 0 aliphatic carbocycles. The number of piperidine rings is 1. The predicted molar refractivity (Wildman–Crippen MR) is 84.3 cm³/mol. The number of hydrogen-bond donors (Lipinski definition) is 0. The van der Waals surface area contributed by atoms with Crippen molar-refractivity contribution in [2.24, 2.45) is 0 Å². The summed E-state index contributed by atoms with van der Waals surface area (Å²) in [4.78, 5) is 16.8. The number of rotatable bonds is 3. The third-order valence-electron chi connectivity index (χ3n) is 5.04. The number of carbonyl (C=O) groups is 1. The van der Waals surface area contributed by atoms with E-state index in [9.17, 15) is 4.79 Å². The van der Waals surface area contributed by atoms with E-state index in [1.54, 1.807) is 24.3 Å². The van der Waals surface area contributed by atoms with Gasteiger partial charge in [-0.25, -0.2) is 0 Å². The Morgan fingerprint density at radius 3 is 2.22 bits per heavy atom. The van der Waals surface area contributed by atoms with Crippen LogP contribution in [0.15, 0.2) is 36.7 Å². The maximum atomic E-state index is 12.9. The van der Waals surface area contributed by atoms with Gasteiger partial charge in [-0.1, -0.05) is 0 Å². The molecular weight excluding hydrogens is 292 g/mol. The molecule has 1 aromatic carbocycles. The van der Waals surface area contributed by atoms with Crippen LogP contribution in [0.3, 0.4) is 0 Å². The van der Waals surface area contributed by atoms with Crippen LogP contribution in [-0.4, -0.2) is 45.0 Å². The Morgan fingerprint density at radius 2 is 1.65 bits per heavy atom. The van der Waals surface area contributed by atoms with Crippen molar-refractivity contribution >= 4 is 5.91 Å². The smallest absolute Gasteiger partial charge is 0.254 e. The number of ether oxygens (including phenoxy) is 1. The summed E-state index contributed by atoms with van der Waals surface area (Å²) in [6, 6.07) is 8.27. The van der Waals surface area contributed by atoms with E-state index < -0.39 is 0 Å². The number of benzene rings is 1. The maximum absolute atomic E-state index is 12.9. The Morgan fingerprint density at radius 1 is 1.04 bits per heavy atom. The Kier molecular flexibility index (Phi) is 3.52. The van der Waals surface area contributed by atoms with E-state index in [0.29, 0.717) is 18.1 Å². The van der Waals surface area contributed by atoms with E-state index in [2.05, 4.69) is 15.1 Å². The lowest BCUT2D eigenvalue weighted by Crippen LogP contribution is -2.47. The van der Waals surface area contributed by atoms with Gasteiger partial charge in [0, 0.05) is 17.6 Å². The molecular formula is C17H20N4O2. The molecule has 2 aromatic rings. The standard InChI is InChI=1S/C17H20N4O2/c1-23-16-6-2-12(3-7-16)17(22)20-13-4-5-14(20)11-15(10-13)21-18-8-9-19-21/h2-3,6-9,13-15H,4-5,10-11H2,1H3. The molecule has 0 spiro atoms. The average molecular weight is 312 g/mol. The van der Waals surface area contributed by atoms with Crippen molar-refractivity contribution < 1.29 is 9.53 Å². The van der Waals surface area contributed by atoms with E-state index in [4.69, 9.17) is 4.74 Å². The molecule has 23 heavy (non-hydrogen) atoms. The normalized spacial score (nSPS) is 26.3. The molecule has 3 heterocycles. The lowest BCUT2D eigenvalue weighted by Gasteiger charge is -2.38. The van der Waals surface area contributed by atoms with E-state index in [1.807, 2.05) is 24.3 Å². The summed E-state index contributed by atoms with van der Waals surface area (Å²) in [5, 5.41) is 8.54. The molecule has 6 nitrogen and oxygen atoms in total. The fourth-order valence-corrected chi connectivity index (χ4v) is 3.97. The van der Waals surface area contributed by atoms with Gasteiger partial charge in [0.2, 0.25) is 0 Å². The van der Waals surface area contributed by atoms with E-state index >= 15 is 0 Å². The fraction of sp³-hybridized carbons (Fsp3) is 0.471. The second kappa shape index (κ2) is 5.68. The van der Waals surface area contributed by atoms with Crippen LogP contribution in [0.4, 0.5) is 0 Å². The first-order chi connectivity index (χ1) is 11.3. The molecule has 2 aliphatic rings. The Hall–Kier alpha value is -2.37. The fourth-order valence-electron chi connectivity index (χ4n) is 3.97. The number of amides is 1. The van der Waals surface area contributed by atoms with E-state index in [0.717, 1.165) is 37.0 Å². The van der Waals surface area contributed by atoms with Crippen LogP contribution in [0.2, 0.25) is 0 Å². The van der Waals surface area contributed by atoms with Crippen LogP contribution in [0, 0.1) is 0 Å². The molecule has 2 bridgehead atoms. The van der Waals surface area contributed by atoms with Gasteiger partial charge >= 0.3 is 0 Å². The molecule has 0 N–H and O–H groups in total. The number of hydrogen-bond acceptors (Lipinski definition) is 4. The highest BCUT2D eigenvalue weighted by molar-refractivity contribution is 5.95. The SMILES string of the molecule is COc1ccc(C(=O)N2C3CCC2CC(n2nccn2)C3)cc1. The third-order valence-corrected chi connectivity index (χ3v) is 5.04. The summed E-state index contributed by atoms with van der Waals surface area (Å²) >= 11 is 0. The summed E-state index contributed by atoms with van der Waals surface area (Å²) in [5.41, 5.74) is 0.735. The topological polar surface area (TPSA) is 60.2 Å². The number of aromatic nitrogens is 3. The molecule has 1 amide bonds. The summed E-state index contributed by atoms with van der Waals surface area (Å²) in [6.45, 7) is 0.